The van der Waals surface area contributed by atoms with E-state index < -0.39 is 0 Å². The monoisotopic (exact) mass is 327 g/mol. The fourth-order valence-corrected chi connectivity index (χ4v) is 5.51. The van der Waals surface area contributed by atoms with Crippen molar-refractivity contribution in [2.45, 2.75) is 94.8 Å². The highest BCUT2D eigenvalue weighted by molar-refractivity contribution is 5.66. The second-order valence-corrected chi connectivity index (χ2v) is 8.23. The van der Waals surface area contributed by atoms with Crippen molar-refractivity contribution >= 4 is 11.4 Å². The second-order valence-electron chi connectivity index (χ2n) is 8.23. The van der Waals surface area contributed by atoms with Crippen molar-refractivity contribution in [3.8, 4) is 0 Å². The lowest BCUT2D eigenvalue weighted by Crippen LogP contribution is -2.51. The first-order valence-corrected chi connectivity index (χ1v) is 10.2. The topological polar surface area (TPSA) is 41.3 Å². The molecule has 2 unspecified atom stereocenters. The summed E-state index contributed by atoms with van der Waals surface area (Å²) in [5, 5.41) is 3.74. The zero-order valence-electron chi connectivity index (χ0n) is 14.9. The minimum atomic E-state index is 0.594. The number of nitrogens with two attached hydrogens (primary N) is 1. The van der Waals surface area contributed by atoms with Gasteiger partial charge in [0.1, 0.15) is 0 Å². The molecule has 1 saturated carbocycles. The molecule has 1 aromatic carbocycles. The summed E-state index contributed by atoms with van der Waals surface area (Å²) in [5.41, 5.74) is 8.13. The average molecular weight is 328 g/mol. The summed E-state index contributed by atoms with van der Waals surface area (Å²) in [7, 11) is 0. The lowest BCUT2D eigenvalue weighted by molar-refractivity contribution is 0.0662. The third-order valence-electron chi connectivity index (χ3n) is 6.61. The minimum absolute atomic E-state index is 0.594. The minimum Gasteiger partial charge on any atom is -0.397 e. The molecule has 3 atom stereocenters. The van der Waals surface area contributed by atoms with E-state index >= 15 is 0 Å². The molecule has 24 heavy (non-hydrogen) atoms. The van der Waals surface area contributed by atoms with Gasteiger partial charge in [-0.15, -0.1) is 0 Å². The van der Waals surface area contributed by atoms with Gasteiger partial charge < -0.3 is 11.1 Å². The number of hydrogen-bond donors (Lipinski definition) is 2. The largest absolute Gasteiger partial charge is 0.397 e. The van der Waals surface area contributed by atoms with E-state index in [4.69, 9.17) is 5.73 Å². The van der Waals surface area contributed by atoms with Crippen LogP contribution in [0.25, 0.3) is 0 Å². The van der Waals surface area contributed by atoms with E-state index in [1.54, 1.807) is 0 Å². The van der Waals surface area contributed by atoms with Crippen LogP contribution in [0, 0.1) is 0 Å². The maximum Gasteiger partial charge on any atom is 0.0576 e. The van der Waals surface area contributed by atoms with Gasteiger partial charge in [0.25, 0.3) is 0 Å². The Morgan fingerprint density at radius 3 is 2.08 bits per heavy atom. The SMILES string of the molecule is Nc1ccccc1NC1CC2CC[C@@H](C1)N2C1CCCCCCC1. The number of benzene rings is 1. The Morgan fingerprint density at radius 1 is 0.792 bits per heavy atom. The van der Waals surface area contributed by atoms with Crippen LogP contribution in [-0.2, 0) is 0 Å². The van der Waals surface area contributed by atoms with Crippen LogP contribution in [0.2, 0.25) is 0 Å². The molecule has 2 aliphatic heterocycles. The van der Waals surface area contributed by atoms with Crippen molar-refractivity contribution in [1.82, 2.24) is 4.90 Å². The van der Waals surface area contributed by atoms with E-state index in [0.29, 0.717) is 6.04 Å². The predicted molar refractivity (Wildman–Crippen MR) is 102 cm³/mol. The van der Waals surface area contributed by atoms with Gasteiger partial charge in [-0.3, -0.25) is 4.90 Å². The number of piperidine rings is 1. The molecule has 2 bridgehead atoms. The number of para-hydroxylation sites is 2. The van der Waals surface area contributed by atoms with Gasteiger partial charge in [0.15, 0.2) is 0 Å². The third kappa shape index (κ3) is 3.42. The molecule has 3 heteroatoms. The molecule has 2 saturated heterocycles. The van der Waals surface area contributed by atoms with E-state index in [2.05, 4.69) is 22.3 Å². The van der Waals surface area contributed by atoms with Gasteiger partial charge in [-0.1, -0.05) is 44.2 Å². The lowest BCUT2D eigenvalue weighted by Gasteiger charge is -2.44. The van der Waals surface area contributed by atoms with Crippen LogP contribution in [0.4, 0.5) is 11.4 Å². The van der Waals surface area contributed by atoms with Gasteiger partial charge in [-0.2, -0.15) is 0 Å². The van der Waals surface area contributed by atoms with Crippen molar-refractivity contribution < 1.29 is 0 Å². The first-order valence-electron chi connectivity index (χ1n) is 10.2. The number of fused-ring (bicyclic) bond motifs is 2. The Hall–Kier alpha value is -1.22. The first kappa shape index (κ1) is 16.3. The number of nitrogen functional groups attached to an aromatic ring is 1. The van der Waals surface area contributed by atoms with Crippen LogP contribution in [0.15, 0.2) is 24.3 Å². The molecule has 0 radical (unpaired) electrons. The van der Waals surface area contributed by atoms with Crippen LogP contribution >= 0.6 is 0 Å². The molecule has 1 aliphatic carbocycles. The maximum absolute atomic E-state index is 6.13. The molecule has 132 valence electrons. The van der Waals surface area contributed by atoms with Gasteiger partial charge in [0.2, 0.25) is 0 Å². The predicted octanol–water partition coefficient (Wildman–Crippen LogP) is 4.79. The summed E-state index contributed by atoms with van der Waals surface area (Å²) in [4.78, 5) is 2.96. The van der Waals surface area contributed by atoms with Crippen molar-refractivity contribution in [2.24, 2.45) is 0 Å². The lowest BCUT2D eigenvalue weighted by atomic mass is 9.90. The number of rotatable bonds is 3. The molecular formula is C21H33N3. The van der Waals surface area contributed by atoms with Crippen LogP contribution in [0.1, 0.15) is 70.6 Å². The molecule has 4 rings (SSSR count). The molecule has 3 fully saturated rings. The first-order chi connectivity index (χ1) is 11.8. The molecule has 0 amide bonds. The molecule has 3 aliphatic rings. The Morgan fingerprint density at radius 2 is 1.42 bits per heavy atom. The fourth-order valence-electron chi connectivity index (χ4n) is 5.51. The van der Waals surface area contributed by atoms with Crippen molar-refractivity contribution in [3.63, 3.8) is 0 Å². The average Bonchev–Trinajstić information content (AvgIpc) is 2.81. The number of anilines is 2. The summed E-state index contributed by atoms with van der Waals surface area (Å²) in [6, 6.07) is 11.3. The Bertz CT molecular complexity index is 522. The fraction of sp³-hybridized carbons (Fsp3) is 0.714. The molecule has 2 heterocycles. The quantitative estimate of drug-likeness (QED) is 0.784. The highest BCUT2D eigenvalue weighted by atomic mass is 15.3. The highest BCUT2D eigenvalue weighted by Gasteiger charge is 2.43. The van der Waals surface area contributed by atoms with E-state index in [-0.39, 0.29) is 0 Å². The van der Waals surface area contributed by atoms with Crippen LogP contribution in [-0.4, -0.2) is 29.1 Å². The Labute approximate surface area is 147 Å². The zero-order chi connectivity index (χ0) is 16.4. The molecular weight excluding hydrogens is 294 g/mol. The van der Waals surface area contributed by atoms with E-state index in [0.717, 1.165) is 29.5 Å². The molecule has 3 nitrogen and oxygen atoms in total. The summed E-state index contributed by atoms with van der Waals surface area (Å²) in [6.45, 7) is 0. The van der Waals surface area contributed by atoms with Gasteiger partial charge in [0.05, 0.1) is 11.4 Å². The second kappa shape index (κ2) is 7.35. The third-order valence-corrected chi connectivity index (χ3v) is 6.61. The van der Waals surface area contributed by atoms with Gasteiger partial charge in [-0.25, -0.2) is 0 Å². The summed E-state index contributed by atoms with van der Waals surface area (Å²) >= 11 is 0. The molecule has 3 N–H and O–H groups in total. The van der Waals surface area contributed by atoms with Crippen molar-refractivity contribution in [2.75, 3.05) is 11.1 Å². The normalized spacial score (nSPS) is 32.2. The summed E-state index contributed by atoms with van der Waals surface area (Å²) in [6.07, 6.45) is 15.5. The maximum atomic E-state index is 6.13. The molecule has 1 aromatic rings. The summed E-state index contributed by atoms with van der Waals surface area (Å²) in [5.74, 6) is 0. The standard InChI is InChI=1S/C21H33N3/c22-20-10-6-7-11-21(20)23-16-14-18-12-13-19(15-16)24(18)17-8-4-2-1-3-5-9-17/h6-7,10-11,16-19,23H,1-5,8-9,12-15,22H2/t16?,18-,19?/m0/s1. The Kier molecular flexibility index (Phi) is 4.98. The number of hydrogen-bond acceptors (Lipinski definition) is 3. The molecule has 0 aromatic heterocycles. The highest BCUT2D eigenvalue weighted by Crippen LogP contribution is 2.41. The van der Waals surface area contributed by atoms with Crippen molar-refractivity contribution in [1.29, 1.82) is 0 Å². The smallest absolute Gasteiger partial charge is 0.0576 e. The van der Waals surface area contributed by atoms with Gasteiger partial charge in [-0.05, 0) is 50.7 Å². The van der Waals surface area contributed by atoms with E-state index in [1.165, 1.54) is 70.6 Å². The van der Waals surface area contributed by atoms with Crippen LogP contribution in [0.5, 0.6) is 0 Å². The van der Waals surface area contributed by atoms with Crippen molar-refractivity contribution in [3.05, 3.63) is 24.3 Å². The number of nitrogens with zero attached hydrogens (tertiary/aromatic N) is 1. The van der Waals surface area contributed by atoms with Crippen LogP contribution < -0.4 is 11.1 Å². The van der Waals surface area contributed by atoms with E-state index in [1.807, 2.05) is 12.1 Å². The Balaban J connectivity index is 1.41. The van der Waals surface area contributed by atoms with Gasteiger partial charge in [0, 0.05) is 24.2 Å². The zero-order valence-corrected chi connectivity index (χ0v) is 14.9. The van der Waals surface area contributed by atoms with Gasteiger partial charge >= 0.3 is 0 Å². The van der Waals surface area contributed by atoms with E-state index in [9.17, 15) is 0 Å². The summed E-state index contributed by atoms with van der Waals surface area (Å²) < 4.78 is 0. The molecule has 0 spiro atoms. The number of nitrogens with one attached hydrogen (secondary N) is 1. The van der Waals surface area contributed by atoms with Crippen LogP contribution in [0.3, 0.4) is 0 Å².